The fourth-order valence-corrected chi connectivity index (χ4v) is 3.76. The smallest absolute Gasteiger partial charge is 0.104 e. The summed E-state index contributed by atoms with van der Waals surface area (Å²) in [4.78, 5) is 1.62. The first kappa shape index (κ1) is 15.9. The van der Waals surface area contributed by atoms with E-state index in [-0.39, 0.29) is 0 Å². The fraction of sp³-hybridized carbons (Fsp3) is 0.368. The number of halogens is 2. The number of hydrogen-bond acceptors (Lipinski definition) is 0. The van der Waals surface area contributed by atoms with Crippen LogP contribution in [0.15, 0.2) is 48.5 Å². The highest BCUT2D eigenvalue weighted by molar-refractivity contribution is 6.42. The average Bonchev–Trinajstić information content (AvgIpc) is 2.55. The van der Waals surface area contributed by atoms with Gasteiger partial charge in [-0.2, -0.15) is 0 Å². The van der Waals surface area contributed by atoms with E-state index in [4.69, 9.17) is 23.2 Å². The van der Waals surface area contributed by atoms with Crippen LogP contribution in [0.2, 0.25) is 10.0 Å². The van der Waals surface area contributed by atoms with Gasteiger partial charge in [0.2, 0.25) is 0 Å². The first-order valence-electron chi connectivity index (χ1n) is 8.03. The number of rotatable bonds is 4. The minimum atomic E-state index is 0.664. The zero-order valence-electron chi connectivity index (χ0n) is 12.7. The van der Waals surface area contributed by atoms with Crippen molar-refractivity contribution < 1.29 is 4.90 Å². The molecule has 1 heterocycles. The molecule has 0 aromatic heterocycles. The molecule has 2 aromatic rings. The number of hydrogen-bond donors (Lipinski definition) is 1. The van der Waals surface area contributed by atoms with E-state index < -0.39 is 0 Å². The molecule has 1 nitrogen and oxygen atoms in total. The molecule has 0 atom stereocenters. The Morgan fingerprint density at radius 2 is 1.64 bits per heavy atom. The highest BCUT2D eigenvalue weighted by Crippen LogP contribution is 2.25. The molecule has 1 fully saturated rings. The molecule has 0 unspecified atom stereocenters. The molecule has 1 aliphatic heterocycles. The van der Waals surface area contributed by atoms with Crippen LogP contribution >= 0.6 is 23.2 Å². The maximum Gasteiger partial charge on any atom is 0.104 e. The molecule has 0 aliphatic carbocycles. The van der Waals surface area contributed by atoms with Gasteiger partial charge in [-0.25, -0.2) is 0 Å². The molecule has 0 radical (unpaired) electrons. The summed E-state index contributed by atoms with van der Waals surface area (Å²) < 4.78 is 0. The lowest BCUT2D eigenvalue weighted by molar-refractivity contribution is -0.919. The van der Waals surface area contributed by atoms with Crippen LogP contribution in [0.4, 0.5) is 0 Å². The minimum Gasteiger partial charge on any atom is -0.331 e. The van der Waals surface area contributed by atoms with E-state index in [9.17, 15) is 0 Å². The zero-order valence-corrected chi connectivity index (χ0v) is 14.2. The number of nitrogens with one attached hydrogen (secondary N) is 1. The van der Waals surface area contributed by atoms with Crippen LogP contribution in [0, 0.1) is 5.92 Å². The van der Waals surface area contributed by atoms with E-state index in [1.165, 1.54) is 43.5 Å². The van der Waals surface area contributed by atoms with Crippen LogP contribution in [-0.2, 0) is 13.0 Å². The van der Waals surface area contributed by atoms with Crippen molar-refractivity contribution in [3.8, 4) is 0 Å². The van der Waals surface area contributed by atoms with Gasteiger partial charge >= 0.3 is 0 Å². The molecule has 0 amide bonds. The van der Waals surface area contributed by atoms with Gasteiger partial charge in [-0.3, -0.25) is 0 Å². The molecular weight excluding hydrogens is 313 g/mol. The molecule has 116 valence electrons. The number of piperidine rings is 1. The van der Waals surface area contributed by atoms with Gasteiger partial charge < -0.3 is 4.90 Å². The van der Waals surface area contributed by atoms with Crippen LogP contribution in [0.3, 0.4) is 0 Å². The lowest BCUT2D eigenvalue weighted by Gasteiger charge is -2.29. The van der Waals surface area contributed by atoms with Gasteiger partial charge in [0.15, 0.2) is 0 Å². The number of benzene rings is 2. The second kappa shape index (κ2) is 7.50. The summed E-state index contributed by atoms with van der Waals surface area (Å²) >= 11 is 12.4. The third-order valence-electron chi connectivity index (χ3n) is 4.65. The third-order valence-corrected chi connectivity index (χ3v) is 5.51. The maximum absolute atomic E-state index is 6.30. The lowest BCUT2D eigenvalue weighted by atomic mass is 9.90. The molecule has 1 saturated heterocycles. The van der Waals surface area contributed by atoms with Crippen LogP contribution in [0.5, 0.6) is 0 Å². The monoisotopic (exact) mass is 334 g/mol. The van der Waals surface area contributed by atoms with Crippen LogP contribution in [0.1, 0.15) is 24.0 Å². The van der Waals surface area contributed by atoms with Crippen molar-refractivity contribution in [2.45, 2.75) is 25.8 Å². The van der Waals surface area contributed by atoms with Crippen LogP contribution < -0.4 is 4.90 Å². The summed E-state index contributed by atoms with van der Waals surface area (Å²) in [6.07, 6.45) is 3.80. The van der Waals surface area contributed by atoms with E-state index >= 15 is 0 Å². The highest BCUT2D eigenvalue weighted by Gasteiger charge is 2.23. The second-order valence-corrected chi connectivity index (χ2v) is 7.06. The Labute approximate surface area is 142 Å². The van der Waals surface area contributed by atoms with Crippen molar-refractivity contribution in [1.29, 1.82) is 0 Å². The molecule has 1 N–H and O–H groups in total. The maximum atomic E-state index is 6.30. The molecule has 2 aromatic carbocycles. The zero-order chi connectivity index (χ0) is 15.4. The Hall–Kier alpha value is -1.02. The summed E-state index contributed by atoms with van der Waals surface area (Å²) in [5.41, 5.74) is 2.64. The predicted octanol–water partition coefficient (Wildman–Crippen LogP) is 4.03. The molecule has 0 saturated carbocycles. The van der Waals surface area contributed by atoms with Crippen molar-refractivity contribution in [3.05, 3.63) is 69.7 Å². The summed E-state index contributed by atoms with van der Waals surface area (Å²) in [7, 11) is 0. The molecule has 0 bridgehead atoms. The van der Waals surface area contributed by atoms with Gasteiger partial charge in [0, 0.05) is 5.56 Å². The van der Waals surface area contributed by atoms with Gasteiger partial charge in [-0.05, 0) is 36.8 Å². The van der Waals surface area contributed by atoms with Gasteiger partial charge in [-0.1, -0.05) is 65.7 Å². The highest BCUT2D eigenvalue weighted by atomic mass is 35.5. The van der Waals surface area contributed by atoms with Gasteiger partial charge in [0.05, 0.1) is 23.1 Å². The van der Waals surface area contributed by atoms with Gasteiger partial charge in [0.1, 0.15) is 6.54 Å². The number of likely N-dealkylation sites (tertiary alicyclic amines) is 1. The summed E-state index contributed by atoms with van der Waals surface area (Å²) in [6, 6.07) is 16.8. The van der Waals surface area contributed by atoms with Gasteiger partial charge in [0.25, 0.3) is 0 Å². The summed E-state index contributed by atoms with van der Waals surface area (Å²) in [6.45, 7) is 3.43. The van der Waals surface area contributed by atoms with Crippen molar-refractivity contribution in [1.82, 2.24) is 0 Å². The van der Waals surface area contributed by atoms with Crippen LogP contribution in [-0.4, -0.2) is 13.1 Å². The SMILES string of the molecule is Clc1cccc(C[NH+]2CCC(Cc3ccccc3)CC2)c1Cl. The predicted molar refractivity (Wildman–Crippen MR) is 93.7 cm³/mol. The van der Waals surface area contributed by atoms with E-state index in [1.54, 1.807) is 4.90 Å². The average molecular weight is 335 g/mol. The van der Waals surface area contributed by atoms with Crippen molar-refractivity contribution in [2.24, 2.45) is 5.92 Å². The molecule has 3 heteroatoms. The Kier molecular flexibility index (Phi) is 5.41. The second-order valence-electron chi connectivity index (χ2n) is 6.27. The molecule has 22 heavy (non-hydrogen) atoms. The molecule has 1 aliphatic rings. The Morgan fingerprint density at radius 1 is 0.909 bits per heavy atom. The molecular formula is C19H22Cl2N+. The topological polar surface area (TPSA) is 4.44 Å². The quantitative estimate of drug-likeness (QED) is 0.860. The Balaban J connectivity index is 1.52. The minimum absolute atomic E-state index is 0.664. The normalized spacial score (nSPS) is 21.7. The number of quaternary nitrogens is 1. The molecule has 0 spiro atoms. The van der Waals surface area contributed by atoms with Crippen molar-refractivity contribution in [2.75, 3.05) is 13.1 Å². The summed E-state index contributed by atoms with van der Waals surface area (Å²) in [5.74, 6) is 0.820. The van der Waals surface area contributed by atoms with E-state index in [2.05, 4.69) is 36.4 Å². The fourth-order valence-electron chi connectivity index (χ4n) is 3.37. The van der Waals surface area contributed by atoms with E-state index in [1.807, 2.05) is 12.1 Å². The van der Waals surface area contributed by atoms with E-state index in [0.29, 0.717) is 5.02 Å². The van der Waals surface area contributed by atoms with Gasteiger partial charge in [-0.15, -0.1) is 0 Å². The Morgan fingerprint density at radius 3 is 2.36 bits per heavy atom. The van der Waals surface area contributed by atoms with Crippen molar-refractivity contribution >= 4 is 23.2 Å². The van der Waals surface area contributed by atoms with E-state index in [0.717, 1.165) is 17.5 Å². The first-order valence-corrected chi connectivity index (χ1v) is 8.78. The largest absolute Gasteiger partial charge is 0.331 e. The standard InChI is InChI=1S/C19H21Cl2N/c20-18-8-4-7-17(19(18)21)14-22-11-9-16(10-12-22)13-15-5-2-1-3-6-15/h1-8,16H,9-14H2/p+1. The van der Waals surface area contributed by atoms with Crippen molar-refractivity contribution in [3.63, 3.8) is 0 Å². The summed E-state index contributed by atoms with van der Waals surface area (Å²) in [5, 5.41) is 1.39. The first-order chi connectivity index (χ1) is 10.7. The Bertz CT molecular complexity index is 604. The van der Waals surface area contributed by atoms with Crippen LogP contribution in [0.25, 0.3) is 0 Å². The third kappa shape index (κ3) is 4.04. The molecule has 3 rings (SSSR count). The lowest BCUT2D eigenvalue weighted by Crippen LogP contribution is -3.11.